The minimum atomic E-state index is 0.140. The fraction of sp³-hybridized carbons (Fsp3) is 0.571. The molecule has 17 heavy (non-hydrogen) atoms. The zero-order valence-corrected chi connectivity index (χ0v) is 10.6. The Hall–Kier alpha value is -1.06. The lowest BCUT2D eigenvalue weighted by molar-refractivity contribution is 0.0662. The van der Waals surface area contributed by atoms with Gasteiger partial charge < -0.3 is 14.8 Å². The lowest BCUT2D eigenvalue weighted by atomic mass is 10.1. The van der Waals surface area contributed by atoms with Gasteiger partial charge in [0.1, 0.15) is 5.75 Å². The van der Waals surface area contributed by atoms with Gasteiger partial charge in [-0.25, -0.2) is 0 Å². The number of rotatable bonds is 3. The normalized spacial score (nSPS) is 25.3. The van der Waals surface area contributed by atoms with Crippen LogP contribution in [0.4, 0.5) is 0 Å². The maximum absolute atomic E-state index is 5.90. The van der Waals surface area contributed by atoms with Gasteiger partial charge in [0.2, 0.25) is 0 Å². The number of ether oxygens (including phenoxy) is 2. The molecule has 0 radical (unpaired) electrons. The van der Waals surface area contributed by atoms with Crippen LogP contribution in [-0.4, -0.2) is 26.3 Å². The van der Waals surface area contributed by atoms with Crippen LogP contribution in [-0.2, 0) is 4.74 Å². The fourth-order valence-corrected chi connectivity index (χ4v) is 2.19. The van der Waals surface area contributed by atoms with Gasteiger partial charge in [0.05, 0.1) is 13.2 Å². The summed E-state index contributed by atoms with van der Waals surface area (Å²) in [5.74, 6) is 0.891. The molecule has 1 aliphatic rings. The number of methoxy groups -OCH3 is 1. The van der Waals surface area contributed by atoms with E-state index < -0.39 is 0 Å². The maximum Gasteiger partial charge on any atom is 0.119 e. The summed E-state index contributed by atoms with van der Waals surface area (Å²) in [6.07, 6.45) is 2.40. The molecule has 0 aromatic heterocycles. The molecular formula is C14H21NO2. The van der Waals surface area contributed by atoms with E-state index in [-0.39, 0.29) is 6.10 Å². The van der Waals surface area contributed by atoms with Crippen molar-refractivity contribution in [2.75, 3.05) is 20.3 Å². The average Bonchev–Trinajstić information content (AvgIpc) is 2.64. The van der Waals surface area contributed by atoms with Crippen molar-refractivity contribution in [3.8, 4) is 5.75 Å². The molecule has 0 spiro atoms. The quantitative estimate of drug-likeness (QED) is 0.873. The highest BCUT2D eigenvalue weighted by molar-refractivity contribution is 5.30. The molecular weight excluding hydrogens is 214 g/mol. The Morgan fingerprint density at radius 2 is 2.35 bits per heavy atom. The molecule has 1 fully saturated rings. The Morgan fingerprint density at radius 1 is 1.47 bits per heavy atom. The largest absolute Gasteiger partial charge is 0.497 e. The first-order valence-corrected chi connectivity index (χ1v) is 6.32. The zero-order valence-electron chi connectivity index (χ0n) is 10.6. The van der Waals surface area contributed by atoms with Crippen molar-refractivity contribution in [2.24, 2.45) is 0 Å². The summed E-state index contributed by atoms with van der Waals surface area (Å²) in [4.78, 5) is 0. The molecule has 1 aromatic carbocycles. The van der Waals surface area contributed by atoms with Crippen LogP contribution in [0.25, 0.3) is 0 Å². The molecule has 2 rings (SSSR count). The van der Waals surface area contributed by atoms with E-state index in [1.165, 1.54) is 5.56 Å². The second-order valence-electron chi connectivity index (χ2n) is 4.44. The van der Waals surface area contributed by atoms with Crippen LogP contribution in [0.3, 0.4) is 0 Å². The SMILES string of the molecule is CCC1CCOC(c2cccc(OC)c2)CN1. The van der Waals surface area contributed by atoms with Crippen molar-refractivity contribution >= 4 is 0 Å². The van der Waals surface area contributed by atoms with E-state index in [1.807, 2.05) is 12.1 Å². The van der Waals surface area contributed by atoms with Gasteiger partial charge >= 0.3 is 0 Å². The van der Waals surface area contributed by atoms with Gasteiger partial charge in [0.15, 0.2) is 0 Å². The third kappa shape index (κ3) is 3.20. The predicted molar refractivity (Wildman–Crippen MR) is 68.4 cm³/mol. The highest BCUT2D eigenvalue weighted by atomic mass is 16.5. The first-order valence-electron chi connectivity index (χ1n) is 6.32. The van der Waals surface area contributed by atoms with Gasteiger partial charge in [0, 0.05) is 19.2 Å². The van der Waals surface area contributed by atoms with Crippen molar-refractivity contribution in [3.63, 3.8) is 0 Å². The van der Waals surface area contributed by atoms with Crippen LogP contribution in [0, 0.1) is 0 Å². The second-order valence-corrected chi connectivity index (χ2v) is 4.44. The number of benzene rings is 1. The lowest BCUT2D eigenvalue weighted by Crippen LogP contribution is -2.29. The van der Waals surface area contributed by atoms with Crippen molar-refractivity contribution in [3.05, 3.63) is 29.8 Å². The molecule has 1 heterocycles. The zero-order chi connectivity index (χ0) is 12.1. The maximum atomic E-state index is 5.90. The van der Waals surface area contributed by atoms with Crippen LogP contribution in [0.5, 0.6) is 5.75 Å². The van der Waals surface area contributed by atoms with E-state index in [1.54, 1.807) is 7.11 Å². The number of hydrogen-bond acceptors (Lipinski definition) is 3. The minimum Gasteiger partial charge on any atom is -0.497 e. The van der Waals surface area contributed by atoms with Gasteiger partial charge in [-0.2, -0.15) is 0 Å². The van der Waals surface area contributed by atoms with Gasteiger partial charge in [-0.15, -0.1) is 0 Å². The average molecular weight is 235 g/mol. The van der Waals surface area contributed by atoms with Gasteiger partial charge in [-0.05, 0) is 30.5 Å². The van der Waals surface area contributed by atoms with E-state index >= 15 is 0 Å². The Kier molecular flexibility index (Phi) is 4.40. The number of hydrogen-bond donors (Lipinski definition) is 1. The summed E-state index contributed by atoms with van der Waals surface area (Å²) in [5.41, 5.74) is 1.19. The third-order valence-corrected chi connectivity index (χ3v) is 3.34. The van der Waals surface area contributed by atoms with Crippen molar-refractivity contribution in [1.82, 2.24) is 5.32 Å². The Morgan fingerprint density at radius 3 is 3.12 bits per heavy atom. The lowest BCUT2D eigenvalue weighted by Gasteiger charge is -2.17. The molecule has 3 heteroatoms. The summed E-state index contributed by atoms with van der Waals surface area (Å²) in [6, 6.07) is 8.72. The first-order chi connectivity index (χ1) is 8.33. The summed E-state index contributed by atoms with van der Waals surface area (Å²) in [5, 5.41) is 3.55. The predicted octanol–water partition coefficient (Wildman–Crippen LogP) is 2.52. The molecule has 2 atom stereocenters. The third-order valence-electron chi connectivity index (χ3n) is 3.34. The molecule has 0 saturated carbocycles. The van der Waals surface area contributed by atoms with Crippen molar-refractivity contribution < 1.29 is 9.47 Å². The molecule has 0 aliphatic carbocycles. The smallest absolute Gasteiger partial charge is 0.119 e. The van der Waals surface area contributed by atoms with E-state index in [0.717, 1.165) is 31.7 Å². The van der Waals surface area contributed by atoms with E-state index in [4.69, 9.17) is 9.47 Å². The van der Waals surface area contributed by atoms with Crippen LogP contribution in [0.15, 0.2) is 24.3 Å². The standard InChI is InChI=1S/C14H21NO2/c1-3-12-7-8-17-14(10-15-12)11-5-4-6-13(9-11)16-2/h4-6,9,12,14-15H,3,7-8,10H2,1-2H3. The van der Waals surface area contributed by atoms with Crippen molar-refractivity contribution in [2.45, 2.75) is 31.9 Å². The van der Waals surface area contributed by atoms with Gasteiger partial charge in [-0.1, -0.05) is 19.1 Å². The molecule has 1 aromatic rings. The molecule has 2 unspecified atom stereocenters. The molecule has 3 nitrogen and oxygen atoms in total. The summed E-state index contributed by atoms with van der Waals surface area (Å²) in [7, 11) is 1.69. The number of nitrogens with one attached hydrogen (secondary N) is 1. The molecule has 1 aliphatic heterocycles. The topological polar surface area (TPSA) is 30.5 Å². The Labute approximate surface area is 103 Å². The molecule has 0 bridgehead atoms. The molecule has 1 saturated heterocycles. The summed E-state index contributed by atoms with van der Waals surface area (Å²) in [6.45, 7) is 3.92. The first kappa shape index (κ1) is 12.4. The highest BCUT2D eigenvalue weighted by Gasteiger charge is 2.19. The highest BCUT2D eigenvalue weighted by Crippen LogP contribution is 2.23. The Bertz CT molecular complexity index is 354. The van der Waals surface area contributed by atoms with Crippen molar-refractivity contribution in [1.29, 1.82) is 0 Å². The molecule has 1 N–H and O–H groups in total. The van der Waals surface area contributed by atoms with Gasteiger partial charge in [-0.3, -0.25) is 0 Å². The minimum absolute atomic E-state index is 0.140. The monoisotopic (exact) mass is 235 g/mol. The summed E-state index contributed by atoms with van der Waals surface area (Å²) >= 11 is 0. The van der Waals surface area contributed by atoms with Gasteiger partial charge in [0.25, 0.3) is 0 Å². The van der Waals surface area contributed by atoms with E-state index in [9.17, 15) is 0 Å². The Balaban J connectivity index is 2.05. The van der Waals surface area contributed by atoms with E-state index in [2.05, 4.69) is 24.4 Å². The van der Waals surface area contributed by atoms with Crippen LogP contribution < -0.4 is 10.1 Å². The molecule has 0 amide bonds. The fourth-order valence-electron chi connectivity index (χ4n) is 2.19. The second kappa shape index (κ2) is 6.03. The molecule has 94 valence electrons. The summed E-state index contributed by atoms with van der Waals surface area (Å²) < 4.78 is 11.1. The van der Waals surface area contributed by atoms with Crippen LogP contribution in [0.1, 0.15) is 31.4 Å². The van der Waals surface area contributed by atoms with Crippen LogP contribution in [0.2, 0.25) is 0 Å². The van der Waals surface area contributed by atoms with Crippen LogP contribution >= 0.6 is 0 Å². The van der Waals surface area contributed by atoms with E-state index in [0.29, 0.717) is 6.04 Å².